The first-order valence-electron chi connectivity index (χ1n) is 5.98. The average Bonchev–Trinajstić information content (AvgIpc) is 3.20. The molecule has 1 amide bonds. The number of nitrogens with zero attached hydrogens (tertiary/aromatic N) is 2. The van der Waals surface area contributed by atoms with Gasteiger partial charge in [0.15, 0.2) is 0 Å². The number of rotatable bonds is 4. The summed E-state index contributed by atoms with van der Waals surface area (Å²) in [4.78, 5) is 22.2. The summed E-state index contributed by atoms with van der Waals surface area (Å²) in [6.45, 7) is 1.61. The molecule has 0 radical (unpaired) electrons. The highest BCUT2D eigenvalue weighted by atomic mass is 16.6. The smallest absolute Gasteiger partial charge is 0.273 e. The van der Waals surface area contributed by atoms with Crippen LogP contribution in [-0.2, 0) is 0 Å². The minimum Gasteiger partial charge on any atom is -0.336 e. The third-order valence-corrected chi connectivity index (χ3v) is 3.19. The Morgan fingerprint density at radius 2 is 2.26 bits per heavy atom. The lowest BCUT2D eigenvalue weighted by Crippen LogP contribution is -2.35. The lowest BCUT2D eigenvalue weighted by molar-refractivity contribution is -0.385. The Balaban J connectivity index is 2.17. The lowest BCUT2D eigenvalue weighted by Gasteiger charge is -2.10. The molecule has 0 spiro atoms. The molecule has 1 N–H and O–H groups in total. The zero-order valence-corrected chi connectivity index (χ0v) is 10.4. The maximum atomic E-state index is 11.9. The molecule has 6 heteroatoms. The van der Waals surface area contributed by atoms with Crippen LogP contribution in [0.1, 0.15) is 28.8 Å². The van der Waals surface area contributed by atoms with Crippen LogP contribution in [0.2, 0.25) is 0 Å². The minimum absolute atomic E-state index is 0.0902. The van der Waals surface area contributed by atoms with Crippen molar-refractivity contribution in [3.05, 3.63) is 39.4 Å². The number of nitriles is 1. The Bertz CT molecular complexity index is 573. The molecule has 1 aromatic rings. The molecule has 0 heterocycles. The van der Waals surface area contributed by atoms with E-state index in [1.54, 1.807) is 6.92 Å². The minimum atomic E-state index is -0.519. The highest BCUT2D eigenvalue weighted by molar-refractivity contribution is 5.95. The third-order valence-electron chi connectivity index (χ3n) is 3.19. The monoisotopic (exact) mass is 259 g/mol. The van der Waals surface area contributed by atoms with Crippen LogP contribution in [0.15, 0.2) is 18.2 Å². The van der Waals surface area contributed by atoms with Crippen LogP contribution in [-0.4, -0.2) is 16.9 Å². The van der Waals surface area contributed by atoms with Crippen molar-refractivity contribution in [2.24, 2.45) is 5.92 Å². The van der Waals surface area contributed by atoms with Gasteiger partial charge in [0.1, 0.15) is 6.04 Å². The molecule has 1 atom stereocenters. The van der Waals surface area contributed by atoms with Gasteiger partial charge in [-0.1, -0.05) is 6.07 Å². The number of nitro benzene ring substituents is 1. The van der Waals surface area contributed by atoms with E-state index in [1.165, 1.54) is 18.2 Å². The van der Waals surface area contributed by atoms with Gasteiger partial charge in [0.05, 0.1) is 11.0 Å². The molecule has 2 rings (SSSR count). The molecule has 0 bridgehead atoms. The fraction of sp³-hybridized carbons (Fsp3) is 0.385. The summed E-state index contributed by atoms with van der Waals surface area (Å²) in [6, 6.07) is 5.84. The van der Waals surface area contributed by atoms with E-state index in [-0.39, 0.29) is 17.2 Å². The number of carbonyl (C=O) groups excluding carboxylic acids is 1. The summed E-state index contributed by atoms with van der Waals surface area (Å²) in [6.07, 6.45) is 1.87. The summed E-state index contributed by atoms with van der Waals surface area (Å²) in [5, 5.41) is 22.4. The van der Waals surface area contributed by atoms with Crippen LogP contribution in [0, 0.1) is 34.3 Å². The zero-order chi connectivity index (χ0) is 14.0. The SMILES string of the molecule is Cc1ccc(C(=O)NC(C#N)C2CC2)cc1[N+](=O)[O-]. The highest BCUT2D eigenvalue weighted by Crippen LogP contribution is 2.32. The van der Waals surface area contributed by atoms with Gasteiger partial charge in [0, 0.05) is 17.2 Å². The van der Waals surface area contributed by atoms with Crippen LogP contribution < -0.4 is 5.32 Å². The van der Waals surface area contributed by atoms with Crippen LogP contribution in [0.3, 0.4) is 0 Å². The van der Waals surface area contributed by atoms with Crippen molar-refractivity contribution in [2.45, 2.75) is 25.8 Å². The predicted octanol–water partition coefficient (Wildman–Crippen LogP) is 1.94. The molecule has 0 aromatic heterocycles. The predicted molar refractivity (Wildman–Crippen MR) is 67.4 cm³/mol. The number of benzene rings is 1. The highest BCUT2D eigenvalue weighted by Gasteiger charge is 2.32. The standard InChI is InChI=1S/C13H13N3O3/c1-8-2-3-10(6-12(8)16(18)19)13(17)15-11(7-14)9-4-5-9/h2-3,6,9,11H,4-5H2,1H3,(H,15,17). The molecule has 6 nitrogen and oxygen atoms in total. The van der Waals surface area contributed by atoms with Gasteiger partial charge >= 0.3 is 0 Å². The summed E-state index contributed by atoms with van der Waals surface area (Å²) < 4.78 is 0. The van der Waals surface area contributed by atoms with Gasteiger partial charge in [0.2, 0.25) is 0 Å². The number of carbonyl (C=O) groups is 1. The summed E-state index contributed by atoms with van der Waals surface area (Å²) in [7, 11) is 0. The number of nitro groups is 1. The van der Waals surface area contributed by atoms with Crippen molar-refractivity contribution in [1.82, 2.24) is 5.32 Å². The van der Waals surface area contributed by atoms with E-state index in [0.717, 1.165) is 12.8 Å². The fourth-order valence-corrected chi connectivity index (χ4v) is 1.86. The van der Waals surface area contributed by atoms with Gasteiger partial charge < -0.3 is 5.32 Å². The van der Waals surface area contributed by atoms with Crippen LogP contribution in [0.25, 0.3) is 0 Å². The second-order valence-corrected chi connectivity index (χ2v) is 4.68. The summed E-state index contributed by atoms with van der Waals surface area (Å²) in [5.74, 6) is -0.226. The van der Waals surface area contributed by atoms with Crippen LogP contribution >= 0.6 is 0 Å². The van der Waals surface area contributed by atoms with E-state index in [0.29, 0.717) is 5.56 Å². The van der Waals surface area contributed by atoms with Gasteiger partial charge in [0.25, 0.3) is 11.6 Å². The van der Waals surface area contributed by atoms with Crippen molar-refractivity contribution < 1.29 is 9.72 Å². The van der Waals surface area contributed by atoms with Gasteiger partial charge in [-0.15, -0.1) is 0 Å². The molecule has 19 heavy (non-hydrogen) atoms. The van der Waals surface area contributed by atoms with E-state index >= 15 is 0 Å². The van der Waals surface area contributed by atoms with E-state index in [9.17, 15) is 14.9 Å². The van der Waals surface area contributed by atoms with Crippen LogP contribution in [0.4, 0.5) is 5.69 Å². The molecule has 0 aliphatic heterocycles. The van der Waals surface area contributed by atoms with E-state index in [4.69, 9.17) is 5.26 Å². The molecule has 98 valence electrons. The van der Waals surface area contributed by atoms with Crippen molar-refractivity contribution in [3.8, 4) is 6.07 Å². The number of nitrogens with one attached hydrogen (secondary N) is 1. The van der Waals surface area contributed by atoms with Gasteiger partial charge in [-0.05, 0) is 31.7 Å². The van der Waals surface area contributed by atoms with Crippen LogP contribution in [0.5, 0.6) is 0 Å². The molecular weight excluding hydrogens is 246 g/mol. The summed E-state index contributed by atoms with van der Waals surface area (Å²) >= 11 is 0. The normalized spacial score (nSPS) is 15.4. The Labute approximate surface area is 110 Å². The Hall–Kier alpha value is -2.42. The van der Waals surface area contributed by atoms with E-state index in [1.807, 2.05) is 6.07 Å². The lowest BCUT2D eigenvalue weighted by atomic mass is 10.1. The van der Waals surface area contributed by atoms with Gasteiger partial charge in [-0.2, -0.15) is 5.26 Å². The molecule has 0 saturated heterocycles. The first kappa shape index (κ1) is 13.0. The second kappa shape index (κ2) is 5.06. The summed E-state index contributed by atoms with van der Waals surface area (Å²) in [5.41, 5.74) is 0.617. The fourth-order valence-electron chi connectivity index (χ4n) is 1.86. The van der Waals surface area contributed by atoms with Gasteiger partial charge in [-0.25, -0.2) is 0 Å². The molecule has 1 aromatic carbocycles. The van der Waals surface area contributed by atoms with Crippen molar-refractivity contribution >= 4 is 11.6 Å². The Kier molecular flexibility index (Phi) is 3.47. The Morgan fingerprint density at radius 3 is 2.79 bits per heavy atom. The number of aryl methyl sites for hydroxylation is 1. The Morgan fingerprint density at radius 1 is 1.58 bits per heavy atom. The van der Waals surface area contributed by atoms with Gasteiger partial charge in [-0.3, -0.25) is 14.9 Å². The largest absolute Gasteiger partial charge is 0.336 e. The number of hydrogen-bond acceptors (Lipinski definition) is 4. The first-order valence-corrected chi connectivity index (χ1v) is 5.98. The molecule has 1 unspecified atom stereocenters. The average molecular weight is 259 g/mol. The van der Waals surface area contributed by atoms with Crippen molar-refractivity contribution in [3.63, 3.8) is 0 Å². The zero-order valence-electron chi connectivity index (χ0n) is 10.4. The molecule has 1 saturated carbocycles. The maximum absolute atomic E-state index is 11.9. The third kappa shape index (κ3) is 2.88. The number of amides is 1. The topological polar surface area (TPSA) is 96.0 Å². The molecule has 1 fully saturated rings. The first-order chi connectivity index (χ1) is 9.02. The molecular formula is C13H13N3O3. The molecule has 1 aliphatic carbocycles. The molecule has 1 aliphatic rings. The quantitative estimate of drug-likeness (QED) is 0.660. The number of hydrogen-bond donors (Lipinski definition) is 1. The maximum Gasteiger partial charge on any atom is 0.273 e. The van der Waals surface area contributed by atoms with E-state index in [2.05, 4.69) is 5.32 Å². The van der Waals surface area contributed by atoms with Crippen molar-refractivity contribution in [1.29, 1.82) is 5.26 Å². The second-order valence-electron chi connectivity index (χ2n) is 4.68. The van der Waals surface area contributed by atoms with Crippen molar-refractivity contribution in [2.75, 3.05) is 0 Å². The van der Waals surface area contributed by atoms with E-state index < -0.39 is 16.9 Å².